The van der Waals surface area contributed by atoms with Gasteiger partial charge in [0.1, 0.15) is 0 Å². The maximum absolute atomic E-state index is 10.6. The van der Waals surface area contributed by atoms with Crippen molar-refractivity contribution in [2.45, 2.75) is 0 Å². The number of aliphatic hydroxyl groups is 1. The van der Waals surface area contributed by atoms with Gasteiger partial charge >= 0.3 is 0 Å². The first-order chi connectivity index (χ1) is 5.20. The van der Waals surface area contributed by atoms with Crippen LogP contribution in [0.15, 0.2) is 0 Å². The highest BCUT2D eigenvalue weighted by Gasteiger charge is 2.02. The molecule has 0 aromatic heterocycles. The molecule has 1 radical (unpaired) electrons. The Morgan fingerprint density at radius 1 is 1.91 bits per heavy atom. The lowest BCUT2D eigenvalue weighted by Gasteiger charge is -2.15. The van der Waals surface area contributed by atoms with E-state index in [0.29, 0.717) is 8.46 Å². The number of hydrazine groups is 1. The molecule has 0 aliphatic heterocycles. The Hall–Kier alpha value is -0.155. The minimum absolute atomic E-state index is 0.0274. The number of carbonyl (C=O) groups excluding carboxylic acids is 1. The van der Waals surface area contributed by atoms with Gasteiger partial charge in [-0.1, -0.05) is 0 Å². The zero-order chi connectivity index (χ0) is 8.69. The first-order valence-corrected chi connectivity index (χ1v) is 4.39. The maximum Gasteiger partial charge on any atom is 0.268 e. The van der Waals surface area contributed by atoms with Crippen LogP contribution in [0.5, 0.6) is 0 Å². The van der Waals surface area contributed by atoms with E-state index in [1.54, 1.807) is 14.2 Å². The number of nitrogens with one attached hydrogen (secondary N) is 1. The molecule has 7 heteroatoms. The second-order valence-corrected chi connectivity index (χ2v) is 2.82. The summed E-state index contributed by atoms with van der Waals surface area (Å²) in [7, 11) is 3.66. The van der Waals surface area contributed by atoms with Gasteiger partial charge in [0.2, 0.25) is 5.91 Å². The fourth-order valence-electron chi connectivity index (χ4n) is 0.452. The Bertz CT molecular complexity index is 126. The van der Waals surface area contributed by atoms with E-state index in [1.807, 2.05) is 0 Å². The first-order valence-electron chi connectivity index (χ1n) is 3.10. The van der Waals surface area contributed by atoms with Crippen LogP contribution in [0.1, 0.15) is 0 Å². The quantitative estimate of drug-likeness (QED) is 0.259. The molecule has 0 bridgehead atoms. The highest BCUT2D eigenvalue weighted by molar-refractivity contribution is 7.70. The van der Waals surface area contributed by atoms with Crippen LogP contribution in [-0.4, -0.2) is 43.0 Å². The maximum atomic E-state index is 10.6. The van der Waals surface area contributed by atoms with E-state index in [2.05, 4.69) is 5.43 Å². The van der Waals surface area contributed by atoms with Crippen LogP contribution in [0.25, 0.3) is 0 Å². The number of hydrogen-bond acceptors (Lipinski definition) is 4. The lowest BCUT2D eigenvalue weighted by Crippen LogP contribution is -2.43. The molecule has 0 aromatic carbocycles. The van der Waals surface area contributed by atoms with Gasteiger partial charge < -0.3 is 10.8 Å². The summed E-state index contributed by atoms with van der Waals surface area (Å²) in [6.45, 7) is -0.0274. The molecule has 63 valence electrons. The van der Waals surface area contributed by atoms with Crippen molar-refractivity contribution in [3.8, 4) is 0 Å². The molecule has 1 unspecified atom stereocenters. The SMILES string of the molecule is CN([B]PCO)NC(=O)CN. The molecule has 1 amide bonds. The van der Waals surface area contributed by atoms with E-state index in [9.17, 15) is 4.79 Å². The zero-order valence-corrected chi connectivity index (χ0v) is 7.37. The van der Waals surface area contributed by atoms with E-state index >= 15 is 0 Å². The fourth-order valence-corrected chi connectivity index (χ4v) is 0.872. The number of hydrogen-bond donors (Lipinski definition) is 3. The smallest absolute Gasteiger partial charge is 0.268 e. The van der Waals surface area contributed by atoms with Crippen molar-refractivity contribution in [2.75, 3.05) is 19.9 Å². The number of nitrogens with zero attached hydrogens (tertiary/aromatic N) is 1. The van der Waals surface area contributed by atoms with Crippen molar-refractivity contribution in [3.63, 3.8) is 0 Å². The van der Waals surface area contributed by atoms with Gasteiger partial charge in [0.25, 0.3) is 7.13 Å². The molecule has 11 heavy (non-hydrogen) atoms. The van der Waals surface area contributed by atoms with Crippen LogP contribution in [-0.2, 0) is 4.79 Å². The van der Waals surface area contributed by atoms with Crippen molar-refractivity contribution >= 4 is 21.5 Å². The largest absolute Gasteiger partial charge is 0.393 e. The molecule has 1 atom stereocenters. The molecular formula is C4H12BN3O2P. The molecule has 0 aliphatic rings. The molecule has 0 heterocycles. The third-order valence-corrected chi connectivity index (χ3v) is 1.62. The minimum Gasteiger partial charge on any atom is -0.393 e. The predicted octanol–water partition coefficient (Wildman–Crippen LogP) is -1.93. The normalized spacial score (nSPS) is 10.9. The number of carbonyl (C=O) groups is 1. The van der Waals surface area contributed by atoms with Crippen molar-refractivity contribution in [3.05, 3.63) is 0 Å². The minimum atomic E-state index is -0.244. The van der Waals surface area contributed by atoms with Gasteiger partial charge in [-0.25, -0.2) is 0 Å². The lowest BCUT2D eigenvalue weighted by molar-refractivity contribution is -0.122. The van der Waals surface area contributed by atoms with Gasteiger partial charge in [-0.2, -0.15) is 0 Å². The summed E-state index contributed by atoms with van der Waals surface area (Å²) in [6.07, 6.45) is 0.100. The van der Waals surface area contributed by atoms with Crippen LogP contribution in [0.3, 0.4) is 0 Å². The molecule has 4 N–H and O–H groups in total. The fraction of sp³-hybridized carbons (Fsp3) is 0.750. The number of nitrogens with two attached hydrogens (primary N) is 1. The van der Waals surface area contributed by atoms with E-state index < -0.39 is 0 Å². The summed E-state index contributed by atoms with van der Waals surface area (Å²) in [5.74, 6) is -0.244. The Morgan fingerprint density at radius 3 is 3.00 bits per heavy atom. The molecule has 0 saturated carbocycles. The number of amides is 1. The van der Waals surface area contributed by atoms with E-state index in [0.717, 1.165) is 0 Å². The Labute approximate surface area is 68.3 Å². The highest BCUT2D eigenvalue weighted by atomic mass is 31.1. The number of aliphatic hydroxyl groups excluding tert-OH is 1. The molecule has 0 aromatic rings. The van der Waals surface area contributed by atoms with Gasteiger partial charge in [-0.3, -0.25) is 15.1 Å². The number of rotatable bonds is 5. The molecule has 5 nitrogen and oxygen atoms in total. The zero-order valence-electron chi connectivity index (χ0n) is 6.37. The molecule has 0 rings (SSSR count). The van der Waals surface area contributed by atoms with Gasteiger partial charge in [-0.05, 0) is 7.05 Å². The molecule has 0 saturated heterocycles. The van der Waals surface area contributed by atoms with Crippen LogP contribution < -0.4 is 11.2 Å². The Balaban J connectivity index is 3.35. The van der Waals surface area contributed by atoms with Crippen LogP contribution in [0.2, 0.25) is 0 Å². The Kier molecular flexibility index (Phi) is 6.46. The Morgan fingerprint density at radius 2 is 2.55 bits per heavy atom. The summed E-state index contributed by atoms with van der Waals surface area (Å²) < 4.78 is 0. The average Bonchev–Trinajstić information content (AvgIpc) is 2.00. The van der Waals surface area contributed by atoms with Gasteiger partial charge in [-0.15, -0.1) is 8.46 Å². The molecule has 0 fully saturated rings. The predicted molar refractivity (Wildman–Crippen MR) is 46.1 cm³/mol. The van der Waals surface area contributed by atoms with Crippen molar-refractivity contribution in [2.24, 2.45) is 5.73 Å². The lowest BCUT2D eigenvalue weighted by atomic mass is 10.4. The van der Waals surface area contributed by atoms with E-state index in [-0.39, 0.29) is 18.8 Å². The first kappa shape index (κ1) is 10.8. The van der Waals surface area contributed by atoms with Gasteiger partial charge in [0, 0.05) is 0 Å². The van der Waals surface area contributed by atoms with Crippen molar-refractivity contribution in [1.29, 1.82) is 0 Å². The van der Waals surface area contributed by atoms with Crippen LogP contribution in [0, 0.1) is 0 Å². The second kappa shape index (κ2) is 6.55. The van der Waals surface area contributed by atoms with Crippen molar-refractivity contribution < 1.29 is 9.90 Å². The highest BCUT2D eigenvalue weighted by Crippen LogP contribution is 2.02. The van der Waals surface area contributed by atoms with Gasteiger partial charge in [0.15, 0.2) is 0 Å². The molecule has 0 aliphatic carbocycles. The van der Waals surface area contributed by atoms with E-state index in [1.165, 1.54) is 4.92 Å². The van der Waals surface area contributed by atoms with Crippen molar-refractivity contribution in [1.82, 2.24) is 10.3 Å². The summed E-state index contributed by atoms with van der Waals surface area (Å²) in [5.41, 5.74) is 7.52. The monoisotopic (exact) mass is 176 g/mol. The summed E-state index contributed by atoms with van der Waals surface area (Å²) in [6, 6.07) is 0. The van der Waals surface area contributed by atoms with Crippen LogP contribution in [0.4, 0.5) is 0 Å². The molecule has 0 spiro atoms. The summed E-state index contributed by atoms with van der Waals surface area (Å²) in [5, 5.41) is 8.42. The van der Waals surface area contributed by atoms with E-state index in [4.69, 9.17) is 10.8 Å². The van der Waals surface area contributed by atoms with Gasteiger partial charge in [0.05, 0.1) is 12.9 Å². The third-order valence-electron chi connectivity index (χ3n) is 0.863. The average molecular weight is 176 g/mol. The topological polar surface area (TPSA) is 78.6 Å². The molecular weight excluding hydrogens is 164 g/mol. The summed E-state index contributed by atoms with van der Waals surface area (Å²) >= 11 is 0. The third kappa shape index (κ3) is 6.25. The second-order valence-electron chi connectivity index (χ2n) is 1.84. The van der Waals surface area contributed by atoms with Crippen LogP contribution >= 0.6 is 8.46 Å². The summed E-state index contributed by atoms with van der Waals surface area (Å²) in [4.78, 5) is 12.1. The standard InChI is InChI=1S/C4H12BN3O2P/c1-8(5-11-3-9)7-4(10)2-6/h9,11H,2-3,6H2,1H3,(H,7,10).